The highest BCUT2D eigenvalue weighted by Gasteiger charge is 2.51. The number of carboxylic acid groups (broad SMARTS) is 1. The van der Waals surface area contributed by atoms with Crippen molar-refractivity contribution in [2.24, 2.45) is 11.7 Å². The summed E-state index contributed by atoms with van der Waals surface area (Å²) in [6.07, 6.45) is 1.69. The zero-order chi connectivity index (χ0) is 11.8. The summed E-state index contributed by atoms with van der Waals surface area (Å²) in [4.78, 5) is 11.4. The second-order valence-corrected chi connectivity index (χ2v) is 4.27. The third-order valence-corrected chi connectivity index (χ3v) is 3.32. The molecule has 0 heterocycles. The van der Waals surface area contributed by atoms with E-state index < -0.39 is 17.2 Å². The van der Waals surface area contributed by atoms with Crippen molar-refractivity contribution in [2.75, 3.05) is 6.54 Å². The van der Waals surface area contributed by atoms with Crippen LogP contribution in [0.3, 0.4) is 0 Å². The van der Waals surface area contributed by atoms with Gasteiger partial charge in [0.1, 0.15) is 11.2 Å². The van der Waals surface area contributed by atoms with Crippen LogP contribution in [-0.2, 0) is 10.2 Å². The summed E-state index contributed by atoms with van der Waals surface area (Å²) in [5.74, 6) is -1.34. The molecule has 1 aliphatic carbocycles. The first-order valence-corrected chi connectivity index (χ1v) is 5.31. The van der Waals surface area contributed by atoms with E-state index in [1.165, 1.54) is 18.2 Å². The molecule has 3 nitrogen and oxygen atoms in total. The standard InChI is InChI=1S/C12H14FNO2/c13-10-3-1-2-9(6-10)12(7-14,11(15)16)8-4-5-8/h1-3,6,8H,4-5,7,14H2,(H,15,16). The predicted octanol–water partition coefficient (Wildman–Crippen LogP) is 1.52. The van der Waals surface area contributed by atoms with Crippen molar-refractivity contribution in [1.29, 1.82) is 0 Å². The summed E-state index contributed by atoms with van der Waals surface area (Å²) >= 11 is 0. The van der Waals surface area contributed by atoms with E-state index in [1.807, 2.05) is 0 Å². The Bertz CT molecular complexity index is 417. The lowest BCUT2D eigenvalue weighted by molar-refractivity contribution is -0.144. The number of halogens is 1. The molecule has 1 fully saturated rings. The first-order valence-electron chi connectivity index (χ1n) is 5.31. The van der Waals surface area contributed by atoms with Crippen molar-refractivity contribution in [3.63, 3.8) is 0 Å². The fourth-order valence-corrected chi connectivity index (χ4v) is 2.25. The summed E-state index contributed by atoms with van der Waals surface area (Å²) in [5, 5.41) is 9.38. The minimum atomic E-state index is -1.11. The molecule has 0 aliphatic heterocycles. The topological polar surface area (TPSA) is 63.3 Å². The predicted molar refractivity (Wildman–Crippen MR) is 57.5 cm³/mol. The summed E-state index contributed by atoms with van der Waals surface area (Å²) in [5.41, 5.74) is 5.00. The smallest absolute Gasteiger partial charge is 0.315 e. The van der Waals surface area contributed by atoms with Crippen LogP contribution >= 0.6 is 0 Å². The van der Waals surface area contributed by atoms with Gasteiger partial charge in [0.25, 0.3) is 0 Å². The molecule has 16 heavy (non-hydrogen) atoms. The fourth-order valence-electron chi connectivity index (χ4n) is 2.25. The van der Waals surface area contributed by atoms with Crippen molar-refractivity contribution in [3.05, 3.63) is 35.6 Å². The molecule has 0 bridgehead atoms. The van der Waals surface area contributed by atoms with Gasteiger partial charge in [0.2, 0.25) is 0 Å². The number of benzene rings is 1. The first kappa shape index (κ1) is 11.1. The Labute approximate surface area is 93.1 Å². The third-order valence-electron chi connectivity index (χ3n) is 3.32. The molecule has 1 unspecified atom stereocenters. The minimum Gasteiger partial charge on any atom is -0.481 e. The highest BCUT2D eigenvalue weighted by molar-refractivity contribution is 5.82. The van der Waals surface area contributed by atoms with Crippen LogP contribution in [0.5, 0.6) is 0 Å². The second kappa shape index (κ2) is 3.87. The van der Waals surface area contributed by atoms with Gasteiger partial charge in [-0.25, -0.2) is 4.39 Å². The Morgan fingerprint density at radius 3 is 2.69 bits per heavy atom. The number of rotatable bonds is 4. The van der Waals surface area contributed by atoms with E-state index in [9.17, 15) is 14.3 Å². The van der Waals surface area contributed by atoms with E-state index in [1.54, 1.807) is 6.07 Å². The summed E-state index contributed by atoms with van der Waals surface area (Å²) in [6, 6.07) is 5.75. The van der Waals surface area contributed by atoms with Gasteiger partial charge in [0.05, 0.1) is 0 Å². The summed E-state index contributed by atoms with van der Waals surface area (Å²) in [7, 11) is 0. The maximum Gasteiger partial charge on any atom is 0.315 e. The number of carboxylic acids is 1. The Morgan fingerprint density at radius 1 is 1.56 bits per heavy atom. The molecular formula is C12H14FNO2. The van der Waals surface area contributed by atoms with E-state index in [4.69, 9.17) is 5.73 Å². The number of nitrogens with two attached hydrogens (primary N) is 1. The number of hydrogen-bond donors (Lipinski definition) is 2. The van der Waals surface area contributed by atoms with Crippen LogP contribution in [0.4, 0.5) is 4.39 Å². The highest BCUT2D eigenvalue weighted by Crippen LogP contribution is 2.47. The van der Waals surface area contributed by atoms with Gasteiger partial charge in [-0.1, -0.05) is 12.1 Å². The molecule has 1 aromatic carbocycles. The molecule has 1 saturated carbocycles. The first-order chi connectivity index (χ1) is 7.61. The number of aliphatic carboxylic acids is 1. The average Bonchev–Trinajstić information content (AvgIpc) is 3.04. The van der Waals surface area contributed by atoms with E-state index >= 15 is 0 Å². The van der Waals surface area contributed by atoms with Crippen LogP contribution in [0.25, 0.3) is 0 Å². The third kappa shape index (κ3) is 1.59. The molecule has 1 aliphatic rings. The molecule has 0 aromatic heterocycles. The van der Waals surface area contributed by atoms with Crippen LogP contribution < -0.4 is 5.73 Å². The molecular weight excluding hydrogens is 209 g/mol. The maximum absolute atomic E-state index is 13.1. The van der Waals surface area contributed by atoms with Gasteiger partial charge in [0.15, 0.2) is 0 Å². The highest BCUT2D eigenvalue weighted by atomic mass is 19.1. The van der Waals surface area contributed by atoms with Crippen LogP contribution in [0.1, 0.15) is 18.4 Å². The van der Waals surface area contributed by atoms with Gasteiger partial charge in [-0.05, 0) is 36.5 Å². The molecule has 1 atom stereocenters. The SMILES string of the molecule is NCC(C(=O)O)(c1cccc(F)c1)C1CC1. The summed E-state index contributed by atoms with van der Waals surface area (Å²) < 4.78 is 13.1. The minimum absolute atomic E-state index is 0.0104. The molecule has 2 rings (SSSR count). The average molecular weight is 223 g/mol. The molecule has 0 amide bonds. The van der Waals surface area contributed by atoms with Crippen molar-refractivity contribution in [1.82, 2.24) is 0 Å². The molecule has 3 N–H and O–H groups in total. The normalized spacial score (nSPS) is 19.1. The van der Waals surface area contributed by atoms with E-state index in [2.05, 4.69) is 0 Å². The molecule has 4 heteroatoms. The molecule has 0 radical (unpaired) electrons. The van der Waals surface area contributed by atoms with Crippen molar-refractivity contribution in [2.45, 2.75) is 18.3 Å². The van der Waals surface area contributed by atoms with Crippen molar-refractivity contribution >= 4 is 5.97 Å². The molecule has 1 aromatic rings. The van der Waals surface area contributed by atoms with Gasteiger partial charge in [-0.3, -0.25) is 4.79 Å². The second-order valence-electron chi connectivity index (χ2n) is 4.27. The number of hydrogen-bond acceptors (Lipinski definition) is 2. The Balaban J connectivity index is 2.49. The molecule has 0 saturated heterocycles. The van der Waals surface area contributed by atoms with Crippen molar-refractivity contribution < 1.29 is 14.3 Å². The number of carbonyl (C=O) groups is 1. The molecule has 0 spiro atoms. The van der Waals surface area contributed by atoms with Gasteiger partial charge < -0.3 is 10.8 Å². The Hall–Kier alpha value is -1.42. The van der Waals surface area contributed by atoms with Crippen molar-refractivity contribution in [3.8, 4) is 0 Å². The van der Waals surface area contributed by atoms with E-state index in [0.717, 1.165) is 12.8 Å². The van der Waals surface area contributed by atoms with E-state index in [0.29, 0.717) is 5.56 Å². The van der Waals surface area contributed by atoms with E-state index in [-0.39, 0.29) is 12.5 Å². The van der Waals surface area contributed by atoms with Crippen LogP contribution in [0, 0.1) is 11.7 Å². The summed E-state index contributed by atoms with van der Waals surface area (Å²) in [6.45, 7) is 0.0104. The fraction of sp³-hybridized carbons (Fsp3) is 0.417. The van der Waals surface area contributed by atoms with Crippen LogP contribution in [0.15, 0.2) is 24.3 Å². The van der Waals surface area contributed by atoms with Gasteiger partial charge >= 0.3 is 5.97 Å². The molecule has 86 valence electrons. The lowest BCUT2D eigenvalue weighted by Crippen LogP contribution is -2.45. The zero-order valence-corrected chi connectivity index (χ0v) is 8.82. The van der Waals surface area contributed by atoms with Crippen LogP contribution in [-0.4, -0.2) is 17.6 Å². The van der Waals surface area contributed by atoms with Crippen LogP contribution in [0.2, 0.25) is 0 Å². The monoisotopic (exact) mass is 223 g/mol. The quantitative estimate of drug-likeness (QED) is 0.813. The zero-order valence-electron chi connectivity index (χ0n) is 8.82. The van der Waals surface area contributed by atoms with Gasteiger partial charge in [-0.2, -0.15) is 0 Å². The largest absolute Gasteiger partial charge is 0.481 e. The van der Waals surface area contributed by atoms with Gasteiger partial charge in [-0.15, -0.1) is 0 Å². The lowest BCUT2D eigenvalue weighted by atomic mass is 9.76. The van der Waals surface area contributed by atoms with Gasteiger partial charge in [0, 0.05) is 6.54 Å². The maximum atomic E-state index is 13.1. The Kier molecular flexibility index (Phi) is 2.68. The Morgan fingerprint density at radius 2 is 2.25 bits per heavy atom. The lowest BCUT2D eigenvalue weighted by Gasteiger charge is -2.28.